The number of morpholine rings is 1. The number of ether oxygens (including phenoxy) is 2. The summed E-state index contributed by atoms with van der Waals surface area (Å²) >= 11 is 0. The molecule has 1 saturated heterocycles. The van der Waals surface area contributed by atoms with E-state index in [0.29, 0.717) is 12.2 Å². The average Bonchev–Trinajstić information content (AvgIpc) is 2.13. The zero-order chi connectivity index (χ0) is 11.3. The monoisotopic (exact) mass is 216 g/mol. The number of rotatable bonds is 5. The summed E-state index contributed by atoms with van der Waals surface area (Å²) in [5, 5.41) is 0. The first kappa shape index (κ1) is 12.9. The fourth-order valence-electron chi connectivity index (χ4n) is 2.13. The van der Waals surface area contributed by atoms with Crippen LogP contribution in [0, 0.1) is 0 Å². The maximum absolute atomic E-state index is 6.02. The number of nitrogens with zero attached hydrogens (tertiary/aromatic N) is 1. The van der Waals surface area contributed by atoms with Crippen molar-refractivity contribution in [3.05, 3.63) is 0 Å². The predicted molar refractivity (Wildman–Crippen MR) is 60.9 cm³/mol. The van der Waals surface area contributed by atoms with Gasteiger partial charge in [0, 0.05) is 39.4 Å². The largest absolute Gasteiger partial charge is 0.385 e. The van der Waals surface area contributed by atoms with Gasteiger partial charge >= 0.3 is 0 Å². The highest BCUT2D eigenvalue weighted by Crippen LogP contribution is 2.10. The van der Waals surface area contributed by atoms with Crippen LogP contribution in [-0.4, -0.2) is 56.5 Å². The molecule has 0 saturated carbocycles. The molecule has 90 valence electrons. The van der Waals surface area contributed by atoms with Gasteiger partial charge in [0.25, 0.3) is 0 Å². The van der Waals surface area contributed by atoms with E-state index in [1.807, 2.05) is 0 Å². The van der Waals surface area contributed by atoms with Gasteiger partial charge in [-0.3, -0.25) is 4.90 Å². The molecule has 3 unspecified atom stereocenters. The Kier molecular flexibility index (Phi) is 5.53. The molecule has 0 bridgehead atoms. The number of hydrogen-bond donors (Lipinski definition) is 1. The Balaban J connectivity index is 2.24. The highest BCUT2D eigenvalue weighted by atomic mass is 16.5. The van der Waals surface area contributed by atoms with Crippen LogP contribution >= 0.6 is 0 Å². The van der Waals surface area contributed by atoms with Crippen molar-refractivity contribution in [3.63, 3.8) is 0 Å². The molecule has 1 aliphatic rings. The van der Waals surface area contributed by atoms with E-state index in [0.717, 1.165) is 32.7 Å². The van der Waals surface area contributed by atoms with Gasteiger partial charge in [-0.1, -0.05) is 0 Å². The van der Waals surface area contributed by atoms with Gasteiger partial charge in [0.1, 0.15) is 0 Å². The first-order valence-electron chi connectivity index (χ1n) is 5.74. The molecule has 0 aromatic carbocycles. The first-order valence-corrected chi connectivity index (χ1v) is 5.74. The van der Waals surface area contributed by atoms with E-state index in [4.69, 9.17) is 15.2 Å². The summed E-state index contributed by atoms with van der Waals surface area (Å²) in [6.07, 6.45) is 1.57. The highest BCUT2D eigenvalue weighted by molar-refractivity contribution is 4.76. The minimum Gasteiger partial charge on any atom is -0.385 e. The van der Waals surface area contributed by atoms with Crippen molar-refractivity contribution in [2.45, 2.75) is 38.5 Å². The summed E-state index contributed by atoms with van der Waals surface area (Å²) in [6, 6.07) is 0.211. The molecule has 4 nitrogen and oxygen atoms in total. The molecule has 1 aliphatic heterocycles. The third kappa shape index (κ3) is 4.93. The highest BCUT2D eigenvalue weighted by Gasteiger charge is 2.23. The molecule has 0 amide bonds. The van der Waals surface area contributed by atoms with Crippen molar-refractivity contribution in [1.82, 2.24) is 4.90 Å². The van der Waals surface area contributed by atoms with E-state index in [2.05, 4.69) is 18.7 Å². The molecule has 1 fully saturated rings. The van der Waals surface area contributed by atoms with Crippen molar-refractivity contribution in [2.24, 2.45) is 5.73 Å². The Morgan fingerprint density at radius 3 is 2.53 bits per heavy atom. The van der Waals surface area contributed by atoms with Crippen molar-refractivity contribution >= 4 is 0 Å². The molecule has 3 atom stereocenters. The number of nitrogens with two attached hydrogens (primary N) is 1. The summed E-state index contributed by atoms with van der Waals surface area (Å²) in [7, 11) is 1.71. The predicted octanol–water partition coefficient (Wildman–Crippen LogP) is 0.459. The second-order valence-electron chi connectivity index (χ2n) is 4.52. The maximum atomic E-state index is 6.02. The van der Waals surface area contributed by atoms with Crippen molar-refractivity contribution in [3.8, 4) is 0 Å². The molecular weight excluding hydrogens is 192 g/mol. The molecule has 1 rings (SSSR count). The average molecular weight is 216 g/mol. The Morgan fingerprint density at radius 2 is 2.00 bits per heavy atom. The van der Waals surface area contributed by atoms with E-state index in [9.17, 15) is 0 Å². The molecular formula is C11H24N2O2. The van der Waals surface area contributed by atoms with Gasteiger partial charge < -0.3 is 15.2 Å². The lowest BCUT2D eigenvalue weighted by Crippen LogP contribution is -2.49. The van der Waals surface area contributed by atoms with Crippen LogP contribution in [0.25, 0.3) is 0 Å². The molecule has 4 heteroatoms. The molecule has 15 heavy (non-hydrogen) atoms. The lowest BCUT2D eigenvalue weighted by Gasteiger charge is -2.36. The fourth-order valence-corrected chi connectivity index (χ4v) is 2.13. The molecule has 0 aromatic rings. The second-order valence-corrected chi connectivity index (χ2v) is 4.52. The van der Waals surface area contributed by atoms with Crippen LogP contribution in [0.5, 0.6) is 0 Å². The standard InChI is InChI=1S/C11H24N2O2/c1-9-6-13(7-10(2)15-9)8-11(12)4-5-14-3/h9-11H,4-8,12H2,1-3H3. The van der Waals surface area contributed by atoms with E-state index in [-0.39, 0.29) is 6.04 Å². The zero-order valence-corrected chi connectivity index (χ0v) is 10.1. The Labute approximate surface area is 92.7 Å². The van der Waals surface area contributed by atoms with Crippen LogP contribution in [0.1, 0.15) is 20.3 Å². The number of hydrogen-bond acceptors (Lipinski definition) is 4. The minimum absolute atomic E-state index is 0.211. The van der Waals surface area contributed by atoms with Crippen molar-refractivity contribution in [1.29, 1.82) is 0 Å². The van der Waals surface area contributed by atoms with Gasteiger partial charge in [0.05, 0.1) is 12.2 Å². The Morgan fingerprint density at radius 1 is 1.40 bits per heavy atom. The normalized spacial score (nSPS) is 30.4. The molecule has 0 aromatic heterocycles. The molecule has 2 N–H and O–H groups in total. The van der Waals surface area contributed by atoms with Crippen LogP contribution < -0.4 is 5.73 Å². The summed E-state index contributed by atoms with van der Waals surface area (Å²) < 4.78 is 10.7. The van der Waals surface area contributed by atoms with E-state index >= 15 is 0 Å². The van der Waals surface area contributed by atoms with Crippen molar-refractivity contribution in [2.75, 3.05) is 33.4 Å². The van der Waals surface area contributed by atoms with Gasteiger partial charge in [-0.25, -0.2) is 0 Å². The van der Waals surface area contributed by atoms with Crippen LogP contribution in [0.15, 0.2) is 0 Å². The Bertz CT molecular complexity index is 168. The summed E-state index contributed by atoms with van der Waals surface area (Å²) in [6.45, 7) is 7.90. The van der Waals surface area contributed by atoms with Gasteiger partial charge in [-0.15, -0.1) is 0 Å². The van der Waals surface area contributed by atoms with Gasteiger partial charge in [-0.05, 0) is 20.3 Å². The molecule has 0 aliphatic carbocycles. The SMILES string of the molecule is COCCC(N)CN1CC(C)OC(C)C1. The lowest BCUT2D eigenvalue weighted by atomic mass is 10.1. The second kappa shape index (κ2) is 6.43. The van der Waals surface area contributed by atoms with Crippen LogP contribution in [0.2, 0.25) is 0 Å². The van der Waals surface area contributed by atoms with Crippen LogP contribution in [0.4, 0.5) is 0 Å². The summed E-state index contributed by atoms with van der Waals surface area (Å²) in [5.74, 6) is 0. The third-order valence-electron chi connectivity index (χ3n) is 2.68. The van der Waals surface area contributed by atoms with E-state index in [1.165, 1.54) is 0 Å². The molecule has 0 spiro atoms. The molecule has 1 heterocycles. The molecule has 0 radical (unpaired) electrons. The third-order valence-corrected chi connectivity index (χ3v) is 2.68. The van der Waals surface area contributed by atoms with Crippen LogP contribution in [0.3, 0.4) is 0 Å². The van der Waals surface area contributed by atoms with Gasteiger partial charge in [0.2, 0.25) is 0 Å². The van der Waals surface area contributed by atoms with E-state index in [1.54, 1.807) is 7.11 Å². The zero-order valence-electron chi connectivity index (χ0n) is 10.1. The Hall–Kier alpha value is -0.160. The maximum Gasteiger partial charge on any atom is 0.0678 e. The summed E-state index contributed by atoms with van der Waals surface area (Å²) in [5.41, 5.74) is 6.02. The van der Waals surface area contributed by atoms with Gasteiger partial charge in [0.15, 0.2) is 0 Å². The quantitative estimate of drug-likeness (QED) is 0.725. The van der Waals surface area contributed by atoms with Gasteiger partial charge in [-0.2, -0.15) is 0 Å². The number of methoxy groups -OCH3 is 1. The lowest BCUT2D eigenvalue weighted by molar-refractivity contribution is -0.0694. The van der Waals surface area contributed by atoms with Crippen LogP contribution in [-0.2, 0) is 9.47 Å². The summed E-state index contributed by atoms with van der Waals surface area (Å²) in [4.78, 5) is 2.39. The smallest absolute Gasteiger partial charge is 0.0678 e. The topological polar surface area (TPSA) is 47.7 Å². The van der Waals surface area contributed by atoms with Crippen molar-refractivity contribution < 1.29 is 9.47 Å². The fraction of sp³-hybridized carbons (Fsp3) is 1.00. The van der Waals surface area contributed by atoms with E-state index < -0.39 is 0 Å². The minimum atomic E-state index is 0.211. The first-order chi connectivity index (χ1) is 7.11.